The molecule has 0 aliphatic rings. The molecule has 2 N–H and O–H groups in total. The maximum absolute atomic E-state index is 11.6. The number of carbonyl (C=O) groups is 2. The van der Waals surface area contributed by atoms with E-state index in [9.17, 15) is 14.7 Å². The fourth-order valence-electron chi connectivity index (χ4n) is 1.24. The minimum Gasteiger partial charge on any atom is -0.507 e. The number of rotatable bonds is 4. The summed E-state index contributed by atoms with van der Waals surface area (Å²) < 4.78 is 4.76. The molecule has 0 aliphatic carbocycles. The molecule has 0 bridgehead atoms. The number of hydrogen-bond donors (Lipinski definition) is 2. The van der Waals surface area contributed by atoms with Crippen molar-refractivity contribution >= 4 is 23.5 Å². The molecule has 5 nitrogen and oxygen atoms in total. The number of ether oxygens (including phenoxy) is 1. The van der Waals surface area contributed by atoms with Gasteiger partial charge in [0.15, 0.2) is 6.61 Å². The van der Waals surface area contributed by atoms with Crippen LogP contribution in [0.1, 0.15) is 24.2 Å². The van der Waals surface area contributed by atoms with E-state index >= 15 is 0 Å². The van der Waals surface area contributed by atoms with E-state index in [1.165, 1.54) is 18.2 Å². The van der Waals surface area contributed by atoms with Crippen LogP contribution in [0, 0.1) is 0 Å². The molecule has 0 unspecified atom stereocenters. The maximum Gasteiger partial charge on any atom is 0.342 e. The molecular weight excluding hydrogens is 258 g/mol. The minimum atomic E-state index is -0.797. The first-order chi connectivity index (χ1) is 8.40. The second-order valence-corrected chi connectivity index (χ2v) is 4.40. The Hall–Kier alpha value is -1.75. The first-order valence-electron chi connectivity index (χ1n) is 5.35. The van der Waals surface area contributed by atoms with Crippen molar-refractivity contribution in [2.24, 2.45) is 0 Å². The quantitative estimate of drug-likeness (QED) is 0.818. The third kappa shape index (κ3) is 4.25. The molecule has 0 saturated carbocycles. The molecule has 1 rings (SSSR count). The third-order valence-electron chi connectivity index (χ3n) is 1.96. The lowest BCUT2D eigenvalue weighted by atomic mass is 10.2. The molecule has 18 heavy (non-hydrogen) atoms. The van der Waals surface area contributed by atoms with Crippen LogP contribution in [0.4, 0.5) is 0 Å². The third-order valence-corrected chi connectivity index (χ3v) is 2.20. The van der Waals surface area contributed by atoms with Gasteiger partial charge in [0.05, 0.1) is 0 Å². The average molecular weight is 272 g/mol. The molecule has 0 fully saturated rings. The van der Waals surface area contributed by atoms with Crippen LogP contribution in [-0.4, -0.2) is 29.6 Å². The average Bonchev–Trinajstić information content (AvgIpc) is 2.28. The molecule has 1 aromatic rings. The van der Waals surface area contributed by atoms with Crippen LogP contribution < -0.4 is 5.32 Å². The van der Waals surface area contributed by atoms with Crippen molar-refractivity contribution in [3.8, 4) is 5.75 Å². The molecule has 98 valence electrons. The summed E-state index contributed by atoms with van der Waals surface area (Å²) in [6, 6.07) is 3.97. The molecule has 1 amide bonds. The first-order valence-corrected chi connectivity index (χ1v) is 5.73. The van der Waals surface area contributed by atoms with Gasteiger partial charge in [0, 0.05) is 11.1 Å². The van der Waals surface area contributed by atoms with Crippen LogP contribution in [-0.2, 0) is 9.53 Å². The molecule has 0 saturated heterocycles. The van der Waals surface area contributed by atoms with Gasteiger partial charge in [-0.1, -0.05) is 11.6 Å². The number of hydrogen-bond acceptors (Lipinski definition) is 4. The predicted octanol–water partition coefficient (Wildman–Crippen LogP) is 1.73. The highest BCUT2D eigenvalue weighted by Gasteiger charge is 2.15. The van der Waals surface area contributed by atoms with E-state index in [1.807, 2.05) is 0 Å². The fraction of sp³-hybridized carbons (Fsp3) is 0.333. The number of amides is 1. The van der Waals surface area contributed by atoms with Crippen molar-refractivity contribution in [1.29, 1.82) is 0 Å². The van der Waals surface area contributed by atoms with Crippen molar-refractivity contribution in [2.45, 2.75) is 19.9 Å². The SMILES string of the molecule is CC(C)NC(=O)COC(=O)c1cc(Cl)ccc1O. The Bertz CT molecular complexity index is 459. The molecule has 0 spiro atoms. The smallest absolute Gasteiger partial charge is 0.342 e. The Kier molecular flexibility index (Phi) is 4.97. The van der Waals surface area contributed by atoms with Crippen molar-refractivity contribution < 1.29 is 19.4 Å². The Labute approximate surface area is 110 Å². The second kappa shape index (κ2) is 6.26. The first kappa shape index (κ1) is 14.3. The molecular formula is C12H14ClNO4. The van der Waals surface area contributed by atoms with Crippen molar-refractivity contribution in [3.05, 3.63) is 28.8 Å². The largest absolute Gasteiger partial charge is 0.507 e. The zero-order chi connectivity index (χ0) is 13.7. The van der Waals surface area contributed by atoms with Crippen LogP contribution in [0.25, 0.3) is 0 Å². The van der Waals surface area contributed by atoms with Gasteiger partial charge in [0.2, 0.25) is 0 Å². The number of nitrogens with one attached hydrogen (secondary N) is 1. The van der Waals surface area contributed by atoms with E-state index in [-0.39, 0.29) is 17.4 Å². The molecule has 0 aliphatic heterocycles. The molecule has 0 radical (unpaired) electrons. The number of aromatic hydroxyl groups is 1. The Morgan fingerprint density at radius 1 is 1.44 bits per heavy atom. The summed E-state index contributed by atoms with van der Waals surface area (Å²) in [6.07, 6.45) is 0. The van der Waals surface area contributed by atoms with Crippen molar-refractivity contribution in [3.63, 3.8) is 0 Å². The second-order valence-electron chi connectivity index (χ2n) is 3.96. The van der Waals surface area contributed by atoms with Crippen LogP contribution in [0.15, 0.2) is 18.2 Å². The number of carbonyl (C=O) groups excluding carboxylic acids is 2. The summed E-state index contributed by atoms with van der Waals surface area (Å²) in [7, 11) is 0. The van der Waals surface area contributed by atoms with E-state index in [0.717, 1.165) is 0 Å². The minimum absolute atomic E-state index is 0.0317. The summed E-state index contributed by atoms with van der Waals surface area (Å²) in [4.78, 5) is 22.9. The molecule has 0 aromatic heterocycles. The lowest BCUT2D eigenvalue weighted by molar-refractivity contribution is -0.124. The molecule has 0 atom stereocenters. The lowest BCUT2D eigenvalue weighted by Crippen LogP contribution is -2.33. The molecule has 1 aromatic carbocycles. The van der Waals surface area contributed by atoms with Gasteiger partial charge in [0.25, 0.3) is 5.91 Å². The Morgan fingerprint density at radius 2 is 2.11 bits per heavy atom. The Balaban J connectivity index is 2.60. The van der Waals surface area contributed by atoms with Gasteiger partial charge in [-0.15, -0.1) is 0 Å². The van der Waals surface area contributed by atoms with Crippen molar-refractivity contribution in [2.75, 3.05) is 6.61 Å². The van der Waals surface area contributed by atoms with Crippen LogP contribution in [0.5, 0.6) is 5.75 Å². The normalized spacial score (nSPS) is 10.2. The van der Waals surface area contributed by atoms with Gasteiger partial charge in [-0.3, -0.25) is 4.79 Å². The number of phenolic OH excluding ortho intramolecular Hbond substituents is 1. The van der Waals surface area contributed by atoms with E-state index in [2.05, 4.69) is 5.32 Å². The lowest BCUT2D eigenvalue weighted by Gasteiger charge is -2.09. The van der Waals surface area contributed by atoms with E-state index in [4.69, 9.17) is 16.3 Å². The molecule has 0 heterocycles. The van der Waals surface area contributed by atoms with Crippen molar-refractivity contribution in [1.82, 2.24) is 5.32 Å². The van der Waals surface area contributed by atoms with E-state index < -0.39 is 18.5 Å². The topological polar surface area (TPSA) is 75.6 Å². The monoisotopic (exact) mass is 271 g/mol. The summed E-state index contributed by atoms with van der Waals surface area (Å²) in [6.45, 7) is 3.19. The van der Waals surface area contributed by atoms with Crippen LogP contribution in [0.2, 0.25) is 5.02 Å². The van der Waals surface area contributed by atoms with Gasteiger partial charge in [-0.25, -0.2) is 4.79 Å². The van der Waals surface area contributed by atoms with Gasteiger partial charge in [0.1, 0.15) is 11.3 Å². The number of phenols is 1. The summed E-state index contributed by atoms with van der Waals surface area (Å²) in [5, 5.41) is 12.3. The fourth-order valence-corrected chi connectivity index (χ4v) is 1.42. The summed E-state index contributed by atoms with van der Waals surface area (Å²) >= 11 is 5.69. The highest BCUT2D eigenvalue weighted by Crippen LogP contribution is 2.22. The van der Waals surface area contributed by atoms with Crippen LogP contribution in [0.3, 0.4) is 0 Å². The van der Waals surface area contributed by atoms with E-state index in [1.54, 1.807) is 13.8 Å². The standard InChI is InChI=1S/C12H14ClNO4/c1-7(2)14-11(16)6-18-12(17)9-5-8(13)3-4-10(9)15/h3-5,7,15H,6H2,1-2H3,(H,14,16). The van der Waals surface area contributed by atoms with Gasteiger partial charge in [-0.2, -0.15) is 0 Å². The zero-order valence-corrected chi connectivity index (χ0v) is 10.8. The Morgan fingerprint density at radius 3 is 2.72 bits per heavy atom. The summed E-state index contributed by atoms with van der Waals surface area (Å²) in [5.41, 5.74) is -0.0696. The maximum atomic E-state index is 11.6. The highest BCUT2D eigenvalue weighted by atomic mass is 35.5. The van der Waals surface area contributed by atoms with Gasteiger partial charge < -0.3 is 15.2 Å². The van der Waals surface area contributed by atoms with Gasteiger partial charge >= 0.3 is 5.97 Å². The number of benzene rings is 1. The predicted molar refractivity (Wildman–Crippen MR) is 66.7 cm³/mol. The number of halogens is 1. The highest BCUT2D eigenvalue weighted by molar-refractivity contribution is 6.31. The zero-order valence-electron chi connectivity index (χ0n) is 10.1. The van der Waals surface area contributed by atoms with Gasteiger partial charge in [-0.05, 0) is 32.0 Å². The van der Waals surface area contributed by atoms with Crippen LogP contribution >= 0.6 is 11.6 Å². The number of esters is 1. The summed E-state index contributed by atoms with van der Waals surface area (Å²) in [5.74, 6) is -1.44. The van der Waals surface area contributed by atoms with E-state index in [0.29, 0.717) is 5.02 Å². The molecule has 6 heteroatoms.